The summed E-state index contributed by atoms with van der Waals surface area (Å²) < 4.78 is 40.4. The fourth-order valence-electron chi connectivity index (χ4n) is 1.43. The molecule has 0 aliphatic carbocycles. The maximum Gasteiger partial charge on any atom is 0.522 e. The Balaban J connectivity index is 2.46. The second-order valence-corrected chi connectivity index (χ2v) is 4.17. The third-order valence-electron chi connectivity index (χ3n) is 2.36. The van der Waals surface area contributed by atoms with Crippen molar-refractivity contribution in [3.05, 3.63) is 24.0 Å². The van der Waals surface area contributed by atoms with E-state index in [1.807, 2.05) is 13.8 Å². The van der Waals surface area contributed by atoms with Gasteiger partial charge in [0.2, 0.25) is 0 Å². The number of aromatic nitrogens is 1. The molecule has 1 rings (SSSR count). The highest BCUT2D eigenvalue weighted by Gasteiger charge is 2.28. The second-order valence-electron chi connectivity index (χ2n) is 4.17. The van der Waals surface area contributed by atoms with E-state index in [4.69, 9.17) is 0 Å². The average Bonchev–Trinajstić information content (AvgIpc) is 2.63. The molecule has 0 aromatic carbocycles. The van der Waals surface area contributed by atoms with E-state index in [-0.39, 0.29) is 12.5 Å². The van der Waals surface area contributed by atoms with Crippen molar-refractivity contribution in [1.82, 2.24) is 4.57 Å². The van der Waals surface area contributed by atoms with Gasteiger partial charge in [0.05, 0.1) is 12.7 Å². The molecule has 0 aliphatic rings. The lowest BCUT2D eigenvalue weighted by Crippen LogP contribution is -2.17. The first kappa shape index (κ1) is 14.1. The van der Waals surface area contributed by atoms with Crippen molar-refractivity contribution in [2.75, 3.05) is 6.61 Å². The van der Waals surface area contributed by atoms with Crippen molar-refractivity contribution in [3.8, 4) is 0 Å². The average molecular weight is 251 g/mol. The van der Waals surface area contributed by atoms with Crippen molar-refractivity contribution in [3.63, 3.8) is 0 Å². The fourth-order valence-corrected chi connectivity index (χ4v) is 1.43. The lowest BCUT2D eigenvalue weighted by atomic mass is 10.0. The van der Waals surface area contributed by atoms with Crippen LogP contribution in [0.15, 0.2) is 18.5 Å². The van der Waals surface area contributed by atoms with Crippen LogP contribution in [0.25, 0.3) is 0 Å². The molecule has 0 spiro atoms. The predicted octanol–water partition coefficient (Wildman–Crippen LogP) is 2.71. The summed E-state index contributed by atoms with van der Waals surface area (Å²) in [5.74, 6) is 0.0669. The SMILES string of the molecule is CC(C)C(O)c1ccn(CCOC(F)(F)F)c1. The normalized spacial score (nSPS) is 14.3. The minimum Gasteiger partial charge on any atom is -0.388 e. The number of halogens is 3. The quantitative estimate of drug-likeness (QED) is 0.873. The van der Waals surface area contributed by atoms with Crippen molar-refractivity contribution in [2.24, 2.45) is 5.92 Å². The fraction of sp³-hybridized carbons (Fsp3) is 0.636. The Bertz CT molecular complexity index is 347. The van der Waals surface area contributed by atoms with Crippen LogP contribution >= 0.6 is 0 Å². The van der Waals surface area contributed by atoms with E-state index in [1.54, 1.807) is 23.0 Å². The zero-order valence-corrected chi connectivity index (χ0v) is 9.74. The van der Waals surface area contributed by atoms with Gasteiger partial charge in [-0.1, -0.05) is 13.8 Å². The van der Waals surface area contributed by atoms with E-state index in [9.17, 15) is 18.3 Å². The molecule has 0 radical (unpaired) electrons. The van der Waals surface area contributed by atoms with Gasteiger partial charge in [0.1, 0.15) is 0 Å². The topological polar surface area (TPSA) is 34.4 Å². The summed E-state index contributed by atoms with van der Waals surface area (Å²) in [6, 6.07) is 1.69. The van der Waals surface area contributed by atoms with Crippen LogP contribution in [0.5, 0.6) is 0 Å². The van der Waals surface area contributed by atoms with Gasteiger partial charge in [-0.25, -0.2) is 0 Å². The maximum absolute atomic E-state index is 11.7. The molecule has 98 valence electrons. The van der Waals surface area contributed by atoms with Crippen LogP contribution in [0.4, 0.5) is 13.2 Å². The molecule has 3 nitrogen and oxygen atoms in total. The van der Waals surface area contributed by atoms with Crippen LogP contribution in [-0.2, 0) is 11.3 Å². The minimum absolute atomic E-state index is 0.0669. The Morgan fingerprint density at radius 2 is 2.06 bits per heavy atom. The van der Waals surface area contributed by atoms with Gasteiger partial charge in [-0.15, -0.1) is 13.2 Å². The molecule has 0 saturated carbocycles. The van der Waals surface area contributed by atoms with Crippen molar-refractivity contribution < 1.29 is 23.0 Å². The molecule has 17 heavy (non-hydrogen) atoms. The highest BCUT2D eigenvalue weighted by molar-refractivity contribution is 5.14. The van der Waals surface area contributed by atoms with Gasteiger partial charge in [0.15, 0.2) is 0 Å². The first-order chi connectivity index (χ1) is 7.79. The summed E-state index contributed by atoms with van der Waals surface area (Å²) in [6.45, 7) is 3.41. The minimum atomic E-state index is -4.59. The third kappa shape index (κ3) is 4.79. The van der Waals surface area contributed by atoms with Gasteiger partial charge in [-0.2, -0.15) is 0 Å². The van der Waals surface area contributed by atoms with Gasteiger partial charge in [-0.3, -0.25) is 4.74 Å². The maximum atomic E-state index is 11.7. The number of nitrogens with zero attached hydrogens (tertiary/aromatic N) is 1. The van der Waals surface area contributed by atoms with Gasteiger partial charge in [0, 0.05) is 18.9 Å². The molecule has 1 aromatic rings. The molecule has 0 bridgehead atoms. The molecule has 1 N–H and O–H groups in total. The van der Waals surface area contributed by atoms with E-state index in [0.717, 1.165) is 0 Å². The Morgan fingerprint density at radius 3 is 2.59 bits per heavy atom. The monoisotopic (exact) mass is 251 g/mol. The van der Waals surface area contributed by atoms with Crippen LogP contribution in [-0.4, -0.2) is 22.6 Å². The van der Waals surface area contributed by atoms with Crippen molar-refractivity contribution >= 4 is 0 Å². The van der Waals surface area contributed by atoms with E-state index >= 15 is 0 Å². The number of hydrogen-bond donors (Lipinski definition) is 1. The molecule has 0 aliphatic heterocycles. The van der Waals surface area contributed by atoms with Gasteiger partial charge in [0.25, 0.3) is 0 Å². The molecule has 1 heterocycles. The predicted molar refractivity (Wildman–Crippen MR) is 56.2 cm³/mol. The molecular weight excluding hydrogens is 235 g/mol. The summed E-state index contributed by atoms with van der Waals surface area (Å²) in [4.78, 5) is 0. The lowest BCUT2D eigenvalue weighted by Gasteiger charge is -2.12. The highest BCUT2D eigenvalue weighted by atomic mass is 19.4. The van der Waals surface area contributed by atoms with E-state index in [2.05, 4.69) is 4.74 Å². The first-order valence-electron chi connectivity index (χ1n) is 5.34. The van der Waals surface area contributed by atoms with Crippen molar-refractivity contribution in [1.29, 1.82) is 0 Å². The highest BCUT2D eigenvalue weighted by Crippen LogP contribution is 2.21. The number of aliphatic hydroxyl groups excluding tert-OH is 1. The lowest BCUT2D eigenvalue weighted by molar-refractivity contribution is -0.325. The molecule has 0 saturated heterocycles. The number of ether oxygens (including phenoxy) is 1. The summed E-state index contributed by atoms with van der Waals surface area (Å²) >= 11 is 0. The summed E-state index contributed by atoms with van der Waals surface area (Å²) in [7, 11) is 0. The van der Waals surface area contributed by atoms with Crippen molar-refractivity contribution in [2.45, 2.75) is 32.9 Å². The zero-order chi connectivity index (χ0) is 13.1. The number of alkyl halides is 3. The molecule has 0 fully saturated rings. The van der Waals surface area contributed by atoms with Gasteiger partial charge >= 0.3 is 6.36 Å². The van der Waals surface area contributed by atoms with E-state index in [0.29, 0.717) is 5.56 Å². The smallest absolute Gasteiger partial charge is 0.388 e. The summed E-state index contributed by atoms with van der Waals surface area (Å²) in [6.07, 6.45) is -1.93. The summed E-state index contributed by atoms with van der Waals surface area (Å²) in [5, 5.41) is 9.74. The number of rotatable bonds is 5. The van der Waals surface area contributed by atoms with Crippen LogP contribution in [0.2, 0.25) is 0 Å². The largest absolute Gasteiger partial charge is 0.522 e. The Morgan fingerprint density at radius 1 is 1.41 bits per heavy atom. The van der Waals surface area contributed by atoms with E-state index < -0.39 is 19.1 Å². The zero-order valence-electron chi connectivity index (χ0n) is 9.74. The number of hydrogen-bond acceptors (Lipinski definition) is 2. The molecule has 0 amide bonds. The van der Waals surface area contributed by atoms with Crippen LogP contribution in [0.1, 0.15) is 25.5 Å². The van der Waals surface area contributed by atoms with Crippen LogP contribution < -0.4 is 0 Å². The first-order valence-corrected chi connectivity index (χ1v) is 5.34. The molecule has 1 unspecified atom stereocenters. The Hall–Kier alpha value is -1.01. The molecule has 1 aromatic heterocycles. The third-order valence-corrected chi connectivity index (χ3v) is 2.36. The van der Waals surface area contributed by atoms with Crippen LogP contribution in [0, 0.1) is 5.92 Å². The molecule has 1 atom stereocenters. The summed E-state index contributed by atoms with van der Waals surface area (Å²) in [5.41, 5.74) is 0.701. The molecule has 6 heteroatoms. The van der Waals surface area contributed by atoms with Gasteiger partial charge in [-0.05, 0) is 17.5 Å². The Labute approximate surface area is 97.8 Å². The van der Waals surface area contributed by atoms with Gasteiger partial charge < -0.3 is 9.67 Å². The van der Waals surface area contributed by atoms with E-state index in [1.165, 1.54) is 0 Å². The second kappa shape index (κ2) is 5.55. The standard InChI is InChI=1S/C11H16F3NO2/c1-8(2)10(16)9-3-4-15(7-9)5-6-17-11(12,13)14/h3-4,7-8,10,16H,5-6H2,1-2H3. The number of aliphatic hydroxyl groups is 1. The Kier molecular flexibility index (Phi) is 4.59. The molecular formula is C11H16F3NO2. The van der Waals surface area contributed by atoms with Crippen LogP contribution in [0.3, 0.4) is 0 Å².